The van der Waals surface area contributed by atoms with Crippen molar-refractivity contribution >= 4 is 75.7 Å². The molecule has 0 bridgehead atoms. The number of amides is 1. The monoisotopic (exact) mass is 829 g/mol. The highest BCUT2D eigenvalue weighted by Crippen LogP contribution is 2.33. The van der Waals surface area contributed by atoms with E-state index in [2.05, 4.69) is 46.2 Å². The quantitative estimate of drug-likeness (QED) is 0.0559. The Morgan fingerprint density at radius 1 is 1.02 bits per heavy atom. The van der Waals surface area contributed by atoms with Gasteiger partial charge in [0.2, 0.25) is 5.95 Å². The molecule has 58 heavy (non-hydrogen) atoms. The first kappa shape index (κ1) is 42.9. The lowest BCUT2D eigenvalue weighted by Gasteiger charge is -2.27. The number of nitrogens with one attached hydrogen (secondary N) is 5. The Bertz CT molecular complexity index is 2160. The summed E-state index contributed by atoms with van der Waals surface area (Å²) in [7, 11) is 0. The van der Waals surface area contributed by atoms with Crippen LogP contribution < -0.4 is 44.0 Å². The molecular formula is C33H43N13O11S. The maximum Gasteiger partial charge on any atom is 0.326 e. The van der Waals surface area contributed by atoms with Crippen LogP contribution in [0.1, 0.15) is 35.8 Å². The fraction of sp³-hybridized carbons (Fsp3) is 0.424. The number of aliphatic hydroxyl groups is 2. The predicted molar refractivity (Wildman–Crippen MR) is 209 cm³/mol. The average Bonchev–Trinajstić information content (AvgIpc) is 3.74. The van der Waals surface area contributed by atoms with Crippen LogP contribution in [-0.4, -0.2) is 140 Å². The van der Waals surface area contributed by atoms with Crippen molar-refractivity contribution in [2.75, 3.05) is 52.0 Å². The van der Waals surface area contributed by atoms with Crippen molar-refractivity contribution in [3.05, 3.63) is 52.8 Å². The number of carbonyl (C=O) groups is 4. The normalized spacial score (nSPS) is 20.6. The zero-order valence-electron chi connectivity index (χ0n) is 30.5. The molecule has 312 valence electrons. The van der Waals surface area contributed by atoms with Gasteiger partial charge < -0.3 is 68.7 Å². The first-order valence-corrected chi connectivity index (χ1v) is 18.8. The molecule has 16 N–H and O–H groups in total. The number of carboxylic acids is 3. The second-order valence-corrected chi connectivity index (χ2v) is 14.2. The minimum atomic E-state index is -1.30. The zero-order chi connectivity index (χ0) is 42.1. The van der Waals surface area contributed by atoms with Crippen LogP contribution in [0.3, 0.4) is 0 Å². The number of hydrogen-bond acceptors (Lipinski definition) is 19. The summed E-state index contributed by atoms with van der Waals surface area (Å²) in [6, 6.07) is 4.01. The molecular weight excluding hydrogens is 787 g/mol. The summed E-state index contributed by atoms with van der Waals surface area (Å²) in [5, 5.41) is 58.8. The SMILES string of the molecule is Nc1nc2c(c(=O)[nH]1)N[C@H](CNc1ccc(C(=O)N[C@@H](CCC(=O)O)C(=O)O)cc1)CN2.Nc1ncnc2c1ncn2[C@@H]1O[C@H](CSCC[C@H](N)C(=O)O)[C@@H](O)[C@H]1O. The van der Waals surface area contributed by atoms with E-state index in [1.165, 1.54) is 41.1 Å². The van der Waals surface area contributed by atoms with E-state index < -0.39 is 60.4 Å². The van der Waals surface area contributed by atoms with Gasteiger partial charge in [-0.2, -0.15) is 16.7 Å². The molecule has 1 aromatic carbocycles. The number of nitrogens with zero attached hydrogens (tertiary/aromatic N) is 5. The van der Waals surface area contributed by atoms with Crippen LogP contribution in [-0.2, 0) is 19.1 Å². The van der Waals surface area contributed by atoms with Crippen molar-refractivity contribution in [1.82, 2.24) is 34.8 Å². The van der Waals surface area contributed by atoms with Crippen LogP contribution in [0.25, 0.3) is 11.2 Å². The Morgan fingerprint density at radius 2 is 1.76 bits per heavy atom. The molecule has 1 saturated heterocycles. The standard InChI is InChI=1S/C19H23N7O6.C14H20N6O5S/c20-19-25-15-14(17(30)26-19)23-11(8-22-15)7-21-10-3-1-9(2-4-10)16(29)24-12(18(31)32)5-6-13(27)28;15-6(14(23)24)1-2-26-3-7-9(21)10(22)13(25-7)20-5-19-8-11(16)17-4-18-12(8)20/h1-4,11-12,21,23H,5-8H2,(H,24,29)(H,27,28)(H,31,32)(H4,20,22,25,26,30);4-7,9-10,13,21-22H,1-3,15H2,(H,23,24)(H2,16,17,18)/t11-,12+;6-,7+,9+,10+,13+/m10/s1. The zero-order valence-corrected chi connectivity index (χ0v) is 31.3. The van der Waals surface area contributed by atoms with Gasteiger partial charge in [-0.1, -0.05) is 0 Å². The number of carbonyl (C=O) groups excluding carboxylic acids is 1. The highest BCUT2D eigenvalue weighted by molar-refractivity contribution is 7.99. The van der Waals surface area contributed by atoms with Crippen LogP contribution in [0, 0.1) is 0 Å². The van der Waals surface area contributed by atoms with E-state index in [1.54, 1.807) is 12.1 Å². The molecule has 0 radical (unpaired) electrons. The van der Waals surface area contributed by atoms with E-state index >= 15 is 0 Å². The van der Waals surface area contributed by atoms with E-state index in [0.29, 0.717) is 59.4 Å². The van der Waals surface area contributed by atoms with E-state index in [4.69, 9.17) is 37.3 Å². The fourth-order valence-corrected chi connectivity index (χ4v) is 6.88. The number of hydrogen-bond donors (Lipinski definition) is 13. The summed E-state index contributed by atoms with van der Waals surface area (Å²) in [6.45, 7) is 0.960. The molecule has 0 unspecified atom stereocenters. The van der Waals surface area contributed by atoms with Gasteiger partial charge in [0.1, 0.15) is 41.8 Å². The number of aromatic amines is 1. The number of aromatic nitrogens is 6. The van der Waals surface area contributed by atoms with Gasteiger partial charge in [-0.15, -0.1) is 0 Å². The Balaban J connectivity index is 0.000000226. The Hall–Kier alpha value is -6.28. The lowest BCUT2D eigenvalue weighted by Crippen LogP contribution is -2.41. The van der Waals surface area contributed by atoms with Crippen molar-refractivity contribution in [3.8, 4) is 0 Å². The summed E-state index contributed by atoms with van der Waals surface area (Å²) in [6.07, 6.45) is -1.33. The largest absolute Gasteiger partial charge is 0.481 e. The van der Waals surface area contributed by atoms with Crippen LogP contribution in [0.4, 0.5) is 29.0 Å². The number of aliphatic hydroxyl groups excluding tert-OH is 2. The number of carboxylic acid groups (broad SMARTS) is 3. The van der Waals surface area contributed by atoms with Gasteiger partial charge in [-0.25, -0.2) is 19.7 Å². The van der Waals surface area contributed by atoms with Crippen molar-refractivity contribution in [2.24, 2.45) is 5.73 Å². The Kier molecular flexibility index (Phi) is 14.2. The van der Waals surface area contributed by atoms with Gasteiger partial charge >= 0.3 is 17.9 Å². The summed E-state index contributed by atoms with van der Waals surface area (Å²) in [5.74, 6) is -2.60. The van der Waals surface area contributed by atoms with Crippen molar-refractivity contribution in [2.45, 2.75) is 61.9 Å². The van der Waals surface area contributed by atoms with E-state index in [0.717, 1.165) is 0 Å². The molecule has 25 heteroatoms. The van der Waals surface area contributed by atoms with Crippen molar-refractivity contribution in [1.29, 1.82) is 0 Å². The summed E-state index contributed by atoms with van der Waals surface area (Å²) in [5.41, 5.74) is 18.4. The average molecular weight is 830 g/mol. The molecule has 7 atom stereocenters. The van der Waals surface area contributed by atoms with Crippen LogP contribution in [0.5, 0.6) is 0 Å². The summed E-state index contributed by atoms with van der Waals surface area (Å²) in [4.78, 5) is 75.4. The molecule has 0 saturated carbocycles. The highest BCUT2D eigenvalue weighted by atomic mass is 32.2. The van der Waals surface area contributed by atoms with Crippen LogP contribution in [0.15, 0.2) is 41.7 Å². The summed E-state index contributed by atoms with van der Waals surface area (Å²) < 4.78 is 7.29. The second kappa shape index (κ2) is 19.2. The molecule has 24 nitrogen and oxygen atoms in total. The third kappa shape index (κ3) is 10.8. The third-order valence-corrected chi connectivity index (χ3v) is 10.0. The van der Waals surface area contributed by atoms with Crippen molar-refractivity contribution < 1.29 is 49.4 Å². The number of fused-ring (bicyclic) bond motifs is 2. The highest BCUT2D eigenvalue weighted by Gasteiger charge is 2.44. The topological polar surface area (TPSA) is 394 Å². The lowest BCUT2D eigenvalue weighted by molar-refractivity contribution is -0.141. The number of anilines is 5. The predicted octanol–water partition coefficient (Wildman–Crippen LogP) is -1.72. The summed E-state index contributed by atoms with van der Waals surface area (Å²) >= 11 is 1.40. The van der Waals surface area contributed by atoms with Crippen LogP contribution >= 0.6 is 11.8 Å². The number of H-pyrrole nitrogens is 1. The third-order valence-electron chi connectivity index (χ3n) is 8.92. The molecule has 0 spiro atoms. The molecule has 1 amide bonds. The molecule has 2 aliphatic heterocycles. The molecule has 3 aromatic heterocycles. The fourth-order valence-electron chi connectivity index (χ4n) is 5.78. The van der Waals surface area contributed by atoms with E-state index in [9.17, 15) is 34.2 Å². The lowest BCUT2D eigenvalue weighted by atomic mass is 10.1. The van der Waals surface area contributed by atoms with Gasteiger partial charge in [0, 0.05) is 36.5 Å². The maximum absolute atomic E-state index is 12.3. The number of rotatable bonds is 16. The van der Waals surface area contributed by atoms with Gasteiger partial charge in [-0.3, -0.25) is 28.7 Å². The maximum atomic E-state index is 12.3. The first-order chi connectivity index (χ1) is 27.6. The number of thioether (sulfide) groups is 1. The van der Waals surface area contributed by atoms with Gasteiger partial charge in [0.05, 0.1) is 18.5 Å². The number of nitrogens with two attached hydrogens (primary N) is 3. The first-order valence-electron chi connectivity index (χ1n) is 17.6. The number of aliphatic carboxylic acids is 3. The molecule has 6 rings (SSSR count). The Morgan fingerprint density at radius 3 is 2.45 bits per heavy atom. The van der Waals surface area contributed by atoms with E-state index in [-0.39, 0.29) is 41.8 Å². The molecule has 0 aliphatic carbocycles. The molecule has 1 fully saturated rings. The Labute approximate surface area is 332 Å². The molecule has 2 aliphatic rings. The number of imidazole rings is 1. The minimum absolute atomic E-state index is 0.0281. The van der Waals surface area contributed by atoms with Gasteiger partial charge in [-0.05, 0) is 42.9 Å². The number of ether oxygens (including phenoxy) is 1. The molecule has 5 heterocycles. The smallest absolute Gasteiger partial charge is 0.326 e. The van der Waals surface area contributed by atoms with Crippen LogP contribution in [0.2, 0.25) is 0 Å². The van der Waals surface area contributed by atoms with Gasteiger partial charge in [0.25, 0.3) is 11.5 Å². The van der Waals surface area contributed by atoms with Gasteiger partial charge in [0.15, 0.2) is 23.5 Å². The number of nitrogen functional groups attached to an aromatic ring is 2. The van der Waals surface area contributed by atoms with E-state index in [1.807, 2.05) is 0 Å². The molecule has 4 aromatic rings. The minimum Gasteiger partial charge on any atom is -0.481 e. The van der Waals surface area contributed by atoms with Crippen molar-refractivity contribution in [3.63, 3.8) is 0 Å². The second-order valence-electron chi connectivity index (χ2n) is 13.1. The number of benzene rings is 1.